The fraction of sp³-hybridized carbons (Fsp3) is 0.824. The summed E-state index contributed by atoms with van der Waals surface area (Å²) in [6, 6.07) is -0.154. The van der Waals surface area contributed by atoms with Crippen molar-refractivity contribution in [3.63, 3.8) is 0 Å². The van der Waals surface area contributed by atoms with Crippen LogP contribution >= 0.6 is 11.6 Å². The molecule has 18 nitrogen and oxygen atoms in total. The second-order valence-corrected chi connectivity index (χ2v) is 13.8. The van der Waals surface area contributed by atoms with Crippen LogP contribution in [0.4, 0.5) is 9.59 Å². The molecule has 53 heavy (non-hydrogen) atoms. The van der Waals surface area contributed by atoms with Crippen molar-refractivity contribution in [2.75, 3.05) is 92.5 Å². The summed E-state index contributed by atoms with van der Waals surface area (Å²) < 4.78 is 34.3. The number of carboxylic acid groups (broad SMARTS) is 1. The van der Waals surface area contributed by atoms with Crippen molar-refractivity contribution in [1.29, 1.82) is 0 Å². The first-order valence-corrected chi connectivity index (χ1v) is 18.7. The SMILES string of the molecule is CCOC(=O)OCCl.CCOC(=O)OCOC(=O)[C@H]1[C@@H](C(=O)N2CCN(C)CC2)[C@@H]2CC[C@H]1O2.CN1CCN(C(=O)[C@@H]2[C@H](C(=O)O)[C@H]3CC[C@@H]2O3)CC1. The van der Waals surface area contributed by atoms with Gasteiger partial charge in [0.1, 0.15) is 0 Å². The van der Waals surface area contributed by atoms with E-state index in [0.717, 1.165) is 51.9 Å². The minimum Gasteiger partial charge on any atom is -0.481 e. The fourth-order valence-corrected chi connectivity index (χ4v) is 7.76. The number of ether oxygens (including phenoxy) is 7. The minimum absolute atomic E-state index is 0.0206. The summed E-state index contributed by atoms with van der Waals surface area (Å²) in [4.78, 5) is 78.7. The van der Waals surface area contributed by atoms with Crippen molar-refractivity contribution in [2.24, 2.45) is 23.7 Å². The third-order valence-corrected chi connectivity index (χ3v) is 10.5. The highest BCUT2D eigenvalue weighted by atomic mass is 35.5. The fourth-order valence-electron chi connectivity index (χ4n) is 7.67. The van der Waals surface area contributed by atoms with Gasteiger partial charge in [-0.15, -0.1) is 0 Å². The highest BCUT2D eigenvalue weighted by Gasteiger charge is 2.58. The summed E-state index contributed by atoms with van der Waals surface area (Å²) in [6.45, 7) is 9.32. The van der Waals surface area contributed by atoms with Gasteiger partial charge in [0, 0.05) is 52.4 Å². The summed E-state index contributed by atoms with van der Waals surface area (Å²) in [5.74, 6) is -3.80. The second-order valence-electron chi connectivity index (χ2n) is 13.6. The second kappa shape index (κ2) is 20.3. The van der Waals surface area contributed by atoms with Crippen LogP contribution in [-0.4, -0.2) is 178 Å². The number of amides is 2. The lowest BCUT2D eigenvalue weighted by Crippen LogP contribution is -2.52. The third kappa shape index (κ3) is 11.1. The Morgan fingerprint density at radius 1 is 0.585 bits per heavy atom. The van der Waals surface area contributed by atoms with Crippen LogP contribution in [0.3, 0.4) is 0 Å². The average molecular weight is 777 g/mol. The van der Waals surface area contributed by atoms with Crippen molar-refractivity contribution in [3.8, 4) is 0 Å². The van der Waals surface area contributed by atoms with E-state index in [4.69, 9.17) is 25.8 Å². The van der Waals surface area contributed by atoms with Gasteiger partial charge in [-0.2, -0.15) is 0 Å². The Balaban J connectivity index is 0.000000203. The van der Waals surface area contributed by atoms with Gasteiger partial charge in [0.05, 0.1) is 61.3 Å². The Morgan fingerprint density at radius 2 is 0.981 bits per heavy atom. The van der Waals surface area contributed by atoms with Crippen molar-refractivity contribution >= 4 is 47.7 Å². The van der Waals surface area contributed by atoms with Gasteiger partial charge in [0.25, 0.3) is 0 Å². The normalized spacial score (nSPS) is 30.3. The van der Waals surface area contributed by atoms with E-state index in [9.17, 15) is 33.9 Å². The molecule has 6 heterocycles. The highest BCUT2D eigenvalue weighted by molar-refractivity contribution is 6.17. The van der Waals surface area contributed by atoms with Gasteiger partial charge in [-0.3, -0.25) is 19.2 Å². The number of alkyl halides is 1. The first-order chi connectivity index (χ1) is 25.4. The number of likely N-dealkylation sites (N-methyl/N-ethyl adjacent to an activating group) is 2. The Kier molecular flexibility index (Phi) is 16.2. The number of rotatable bonds is 9. The van der Waals surface area contributed by atoms with Gasteiger partial charge in [-0.25, -0.2) is 9.59 Å². The molecule has 2 amide bonds. The van der Waals surface area contributed by atoms with Crippen LogP contribution < -0.4 is 0 Å². The molecule has 0 spiro atoms. The summed E-state index contributed by atoms with van der Waals surface area (Å²) in [5, 5.41) is 9.34. The van der Waals surface area contributed by atoms with E-state index in [1.54, 1.807) is 13.8 Å². The summed E-state index contributed by atoms with van der Waals surface area (Å²) in [5.41, 5.74) is 0. The maximum atomic E-state index is 13.0. The standard InChI is InChI=1S/C17H26N2O7.C13H20N2O4.C4H7ClO3/c1-3-23-17(22)25-10-24-16(21)14-12-5-4-11(26-12)13(14)15(20)19-8-6-18(2)7-9-19;1-14-4-6-15(7-5-14)12(16)10-8-2-3-9(19-8)11(10)13(17)18;1-2-7-4(6)8-3-5/h11-14H,3-10H2,1-2H3;8-11H,2-7H2,1H3,(H,17,18);2-3H2,1H3/t11-,12+,13-,14+;8-,9+,10-,11+;/m00./s1. The van der Waals surface area contributed by atoms with E-state index in [-0.39, 0.29) is 48.9 Å². The summed E-state index contributed by atoms with van der Waals surface area (Å²) >= 11 is 5.01. The molecule has 6 aliphatic heterocycles. The van der Waals surface area contributed by atoms with E-state index in [2.05, 4.69) is 28.7 Å². The molecular weight excluding hydrogens is 724 g/mol. The zero-order valence-electron chi connectivity index (χ0n) is 30.9. The average Bonchev–Trinajstić information content (AvgIpc) is 3.95. The number of carbonyl (C=O) groups excluding carboxylic acids is 5. The molecular formula is C34H53ClN4O14. The molecule has 6 saturated heterocycles. The van der Waals surface area contributed by atoms with Crippen LogP contribution in [0.2, 0.25) is 0 Å². The Hall–Kier alpha value is -3.45. The molecule has 6 fully saturated rings. The lowest BCUT2D eigenvalue weighted by atomic mass is 9.78. The number of esters is 1. The van der Waals surface area contributed by atoms with Crippen LogP contribution in [0.1, 0.15) is 39.5 Å². The van der Waals surface area contributed by atoms with Gasteiger partial charge in [0.2, 0.25) is 18.6 Å². The zero-order chi connectivity index (χ0) is 38.7. The lowest BCUT2D eigenvalue weighted by Gasteiger charge is -2.36. The number of halogens is 1. The molecule has 0 radical (unpaired) electrons. The number of hydrogen-bond acceptors (Lipinski definition) is 15. The molecule has 6 aliphatic rings. The number of aliphatic carboxylic acids is 1. The minimum atomic E-state index is -0.894. The molecule has 0 aromatic rings. The van der Waals surface area contributed by atoms with Crippen LogP contribution in [0, 0.1) is 23.7 Å². The molecule has 0 aliphatic carbocycles. The molecule has 0 saturated carbocycles. The van der Waals surface area contributed by atoms with Gasteiger partial charge in [0.15, 0.2) is 6.07 Å². The van der Waals surface area contributed by atoms with Crippen LogP contribution in [-0.2, 0) is 52.3 Å². The predicted molar refractivity (Wildman–Crippen MR) is 183 cm³/mol. The van der Waals surface area contributed by atoms with Crippen molar-refractivity contribution < 1.29 is 67.0 Å². The maximum Gasteiger partial charge on any atom is 0.511 e. The molecule has 1 N–H and O–H groups in total. The van der Waals surface area contributed by atoms with E-state index in [1.165, 1.54) is 0 Å². The molecule has 6 rings (SSSR count). The Bertz CT molecular complexity index is 1270. The number of carboxylic acids is 1. The van der Waals surface area contributed by atoms with Gasteiger partial charge in [-0.1, -0.05) is 11.6 Å². The first kappa shape index (κ1) is 42.3. The van der Waals surface area contributed by atoms with Gasteiger partial charge < -0.3 is 57.9 Å². The number of fused-ring (bicyclic) bond motifs is 4. The third-order valence-electron chi connectivity index (χ3n) is 10.4. The number of nitrogens with zero attached hydrogens (tertiary/aromatic N) is 4. The van der Waals surface area contributed by atoms with E-state index in [1.807, 2.05) is 23.9 Å². The maximum absolute atomic E-state index is 13.0. The van der Waals surface area contributed by atoms with Crippen molar-refractivity contribution in [1.82, 2.24) is 19.6 Å². The Morgan fingerprint density at radius 3 is 1.40 bits per heavy atom. The summed E-state index contributed by atoms with van der Waals surface area (Å²) in [7, 11) is 4.05. The predicted octanol–water partition coefficient (Wildman–Crippen LogP) is 1.22. The molecule has 300 valence electrons. The van der Waals surface area contributed by atoms with Crippen LogP contribution in [0.15, 0.2) is 0 Å². The van der Waals surface area contributed by atoms with Crippen molar-refractivity contribution in [2.45, 2.75) is 63.9 Å². The van der Waals surface area contributed by atoms with E-state index >= 15 is 0 Å². The van der Waals surface area contributed by atoms with E-state index in [0.29, 0.717) is 32.8 Å². The smallest absolute Gasteiger partial charge is 0.481 e. The highest BCUT2D eigenvalue weighted by Crippen LogP contribution is 2.46. The number of piperazine rings is 2. The zero-order valence-corrected chi connectivity index (χ0v) is 31.6. The number of hydrogen-bond donors (Lipinski definition) is 1. The first-order valence-electron chi connectivity index (χ1n) is 18.2. The molecule has 0 aromatic carbocycles. The molecule has 0 aromatic heterocycles. The molecule has 0 unspecified atom stereocenters. The van der Waals surface area contributed by atoms with E-state index < -0.39 is 54.7 Å². The summed E-state index contributed by atoms with van der Waals surface area (Å²) in [6.07, 6.45) is 0.492. The largest absolute Gasteiger partial charge is 0.511 e. The quantitative estimate of drug-likeness (QED) is 0.152. The lowest BCUT2D eigenvalue weighted by molar-refractivity contribution is -0.164. The van der Waals surface area contributed by atoms with Crippen LogP contribution in [0.5, 0.6) is 0 Å². The van der Waals surface area contributed by atoms with Gasteiger partial charge >= 0.3 is 24.2 Å². The number of carbonyl (C=O) groups is 6. The Labute approximate surface area is 314 Å². The van der Waals surface area contributed by atoms with Gasteiger partial charge in [-0.05, 0) is 53.6 Å². The molecule has 4 bridgehead atoms. The molecule has 19 heteroatoms. The van der Waals surface area contributed by atoms with Crippen molar-refractivity contribution in [3.05, 3.63) is 0 Å². The molecule has 8 atom stereocenters. The topological polar surface area (TPSA) is 200 Å². The van der Waals surface area contributed by atoms with Crippen LogP contribution in [0.25, 0.3) is 0 Å². The monoisotopic (exact) mass is 776 g/mol.